The number of carbonyl (C=O) groups is 1. The van der Waals surface area contributed by atoms with Gasteiger partial charge in [-0.15, -0.1) is 11.3 Å². The van der Waals surface area contributed by atoms with E-state index in [-0.39, 0.29) is 12.1 Å². The van der Waals surface area contributed by atoms with Crippen LogP contribution in [0.1, 0.15) is 51.9 Å². The molecular formula is C25H26N4O2S. The summed E-state index contributed by atoms with van der Waals surface area (Å²) in [6.07, 6.45) is 3.32. The van der Waals surface area contributed by atoms with Gasteiger partial charge in [-0.3, -0.25) is 10.2 Å². The van der Waals surface area contributed by atoms with Gasteiger partial charge in [0.1, 0.15) is 0 Å². The molecule has 6 nitrogen and oxygen atoms in total. The normalized spacial score (nSPS) is 17.8. The third kappa shape index (κ3) is 4.01. The molecule has 1 saturated heterocycles. The van der Waals surface area contributed by atoms with Crippen LogP contribution in [-0.2, 0) is 4.74 Å². The number of carbonyl (C=O) groups excluding carboxylic acids is 1. The van der Waals surface area contributed by atoms with E-state index in [0.29, 0.717) is 4.88 Å². The maximum atomic E-state index is 12.9. The van der Waals surface area contributed by atoms with Gasteiger partial charge in [0.2, 0.25) is 0 Å². The molecule has 0 spiro atoms. The lowest BCUT2D eigenvalue weighted by atomic mass is 9.94. The molecule has 32 heavy (non-hydrogen) atoms. The molecule has 2 aliphatic heterocycles. The second-order valence-corrected chi connectivity index (χ2v) is 8.95. The minimum absolute atomic E-state index is 0.0843. The molecule has 3 aromatic rings. The Kier molecular flexibility index (Phi) is 5.92. The first-order chi connectivity index (χ1) is 15.7. The van der Waals surface area contributed by atoms with Crippen LogP contribution in [-0.4, -0.2) is 31.8 Å². The number of anilines is 2. The zero-order valence-corrected chi connectivity index (χ0v) is 18.8. The van der Waals surface area contributed by atoms with Gasteiger partial charge in [0.25, 0.3) is 5.91 Å². The highest BCUT2D eigenvalue weighted by atomic mass is 32.1. The van der Waals surface area contributed by atoms with Gasteiger partial charge in [-0.2, -0.15) is 5.10 Å². The number of nitrogens with zero attached hydrogens (tertiary/aromatic N) is 2. The third-order valence-corrected chi connectivity index (χ3v) is 6.86. The second kappa shape index (κ2) is 9.14. The van der Waals surface area contributed by atoms with E-state index >= 15 is 0 Å². The molecule has 0 bridgehead atoms. The SMILES string of the molecule is COC1NN=C(c2ccc(N3CCCCC3)c(NC(=O)c3cccs3)c2)c2ccccc21. The van der Waals surface area contributed by atoms with Crippen LogP contribution in [0.5, 0.6) is 0 Å². The lowest BCUT2D eigenvalue weighted by molar-refractivity contribution is 0.0731. The summed E-state index contributed by atoms with van der Waals surface area (Å²) in [5.74, 6) is -0.0843. The Morgan fingerprint density at radius 3 is 2.75 bits per heavy atom. The number of nitrogens with one attached hydrogen (secondary N) is 2. The number of hydrogen-bond acceptors (Lipinski definition) is 6. The Hall–Kier alpha value is -3.16. The Bertz CT molecular complexity index is 1140. The van der Waals surface area contributed by atoms with Crippen LogP contribution in [0.25, 0.3) is 0 Å². The summed E-state index contributed by atoms with van der Waals surface area (Å²) in [6.45, 7) is 2.00. The number of hydrogen-bond donors (Lipinski definition) is 2. The van der Waals surface area contributed by atoms with Gasteiger partial charge < -0.3 is 15.0 Å². The largest absolute Gasteiger partial charge is 0.370 e. The van der Waals surface area contributed by atoms with Crippen LogP contribution in [0.4, 0.5) is 11.4 Å². The molecule has 164 valence electrons. The molecule has 7 heteroatoms. The maximum absolute atomic E-state index is 12.9. The average Bonchev–Trinajstić information content (AvgIpc) is 3.39. The fraction of sp³-hybridized carbons (Fsp3) is 0.280. The van der Waals surface area contributed by atoms with E-state index in [2.05, 4.69) is 38.9 Å². The van der Waals surface area contributed by atoms with E-state index in [4.69, 9.17) is 4.74 Å². The molecule has 3 heterocycles. The van der Waals surface area contributed by atoms with E-state index in [1.807, 2.05) is 41.8 Å². The fourth-order valence-electron chi connectivity index (χ4n) is 4.38. The van der Waals surface area contributed by atoms with Crippen molar-refractivity contribution in [1.82, 2.24) is 5.43 Å². The van der Waals surface area contributed by atoms with Gasteiger partial charge in [-0.1, -0.05) is 36.4 Å². The van der Waals surface area contributed by atoms with Gasteiger partial charge >= 0.3 is 0 Å². The molecule has 5 rings (SSSR count). The number of methoxy groups -OCH3 is 1. The monoisotopic (exact) mass is 446 g/mol. The number of amides is 1. The van der Waals surface area contributed by atoms with E-state index in [1.54, 1.807) is 7.11 Å². The lowest BCUT2D eigenvalue weighted by Crippen LogP contribution is -2.31. The summed E-state index contributed by atoms with van der Waals surface area (Å²) in [6, 6.07) is 18.1. The third-order valence-electron chi connectivity index (χ3n) is 5.99. The first-order valence-electron chi connectivity index (χ1n) is 10.9. The molecule has 0 radical (unpaired) electrons. The molecule has 2 aromatic carbocycles. The van der Waals surface area contributed by atoms with E-state index < -0.39 is 0 Å². The standard InChI is InChI=1S/C25H26N4O2S/c1-31-25-19-9-4-3-8-18(19)23(27-28-25)17-11-12-21(29-13-5-2-6-14-29)20(16-17)26-24(30)22-10-7-15-32-22/h3-4,7-12,15-16,25,28H,2,5-6,13-14H2,1H3,(H,26,30). The van der Waals surface area contributed by atoms with Crippen LogP contribution < -0.4 is 15.6 Å². The number of fused-ring (bicyclic) bond motifs is 1. The number of benzene rings is 2. The van der Waals surface area contributed by atoms with Crippen LogP contribution in [0, 0.1) is 0 Å². The Morgan fingerprint density at radius 2 is 1.97 bits per heavy atom. The first-order valence-corrected chi connectivity index (χ1v) is 11.8. The van der Waals surface area contributed by atoms with Gasteiger partial charge in [-0.05, 0) is 42.8 Å². The van der Waals surface area contributed by atoms with Crippen LogP contribution in [0.15, 0.2) is 65.1 Å². The highest BCUT2D eigenvalue weighted by molar-refractivity contribution is 7.12. The summed E-state index contributed by atoms with van der Waals surface area (Å²) in [5, 5.41) is 9.71. The Balaban J connectivity index is 1.54. The Labute approximate surface area is 191 Å². The molecule has 2 N–H and O–H groups in total. The highest BCUT2D eigenvalue weighted by Gasteiger charge is 2.24. The smallest absolute Gasteiger partial charge is 0.265 e. The molecule has 0 aliphatic carbocycles. The molecule has 0 saturated carbocycles. The van der Waals surface area contributed by atoms with Crippen molar-refractivity contribution in [3.8, 4) is 0 Å². The first kappa shape index (κ1) is 20.7. The maximum Gasteiger partial charge on any atom is 0.265 e. The quantitative estimate of drug-likeness (QED) is 0.579. The summed E-state index contributed by atoms with van der Waals surface area (Å²) < 4.78 is 5.54. The topological polar surface area (TPSA) is 66.0 Å². The van der Waals surface area contributed by atoms with E-state index in [0.717, 1.165) is 46.9 Å². The van der Waals surface area contributed by atoms with Gasteiger partial charge in [0.05, 0.1) is 22.0 Å². The van der Waals surface area contributed by atoms with Crippen molar-refractivity contribution in [3.63, 3.8) is 0 Å². The minimum atomic E-state index is -0.277. The molecule has 1 fully saturated rings. The van der Waals surface area contributed by atoms with E-state index in [9.17, 15) is 4.79 Å². The van der Waals surface area contributed by atoms with Crippen molar-refractivity contribution in [2.45, 2.75) is 25.5 Å². The summed E-state index contributed by atoms with van der Waals surface area (Å²) in [4.78, 5) is 16.0. The highest BCUT2D eigenvalue weighted by Crippen LogP contribution is 2.33. The van der Waals surface area contributed by atoms with E-state index in [1.165, 1.54) is 30.6 Å². The van der Waals surface area contributed by atoms with Crippen molar-refractivity contribution >= 4 is 34.3 Å². The zero-order valence-electron chi connectivity index (χ0n) is 18.0. The van der Waals surface area contributed by atoms with Gasteiger partial charge in [-0.25, -0.2) is 0 Å². The van der Waals surface area contributed by atoms with Crippen molar-refractivity contribution in [3.05, 3.63) is 81.5 Å². The number of ether oxygens (including phenoxy) is 1. The molecular weight excluding hydrogens is 420 g/mol. The average molecular weight is 447 g/mol. The van der Waals surface area contributed by atoms with Gasteiger partial charge in [0, 0.05) is 36.9 Å². The predicted octanol–water partition coefficient (Wildman–Crippen LogP) is 4.99. The summed E-state index contributed by atoms with van der Waals surface area (Å²) in [7, 11) is 1.67. The number of thiophene rings is 1. The molecule has 1 amide bonds. The van der Waals surface area contributed by atoms with Crippen molar-refractivity contribution < 1.29 is 9.53 Å². The fourth-order valence-corrected chi connectivity index (χ4v) is 5.00. The summed E-state index contributed by atoms with van der Waals surface area (Å²) >= 11 is 1.44. The van der Waals surface area contributed by atoms with Crippen molar-refractivity contribution in [2.75, 3.05) is 30.4 Å². The van der Waals surface area contributed by atoms with Crippen LogP contribution in [0.2, 0.25) is 0 Å². The molecule has 1 atom stereocenters. The number of hydrazone groups is 1. The van der Waals surface area contributed by atoms with Gasteiger partial charge in [0.15, 0.2) is 6.23 Å². The zero-order chi connectivity index (χ0) is 21.9. The number of piperidine rings is 1. The molecule has 1 aromatic heterocycles. The van der Waals surface area contributed by atoms with Crippen molar-refractivity contribution in [2.24, 2.45) is 5.10 Å². The summed E-state index contributed by atoms with van der Waals surface area (Å²) in [5.41, 5.74) is 8.84. The Morgan fingerprint density at radius 1 is 1.12 bits per heavy atom. The van der Waals surface area contributed by atoms with Crippen LogP contribution >= 0.6 is 11.3 Å². The van der Waals surface area contributed by atoms with Crippen molar-refractivity contribution in [1.29, 1.82) is 0 Å². The predicted molar refractivity (Wildman–Crippen MR) is 130 cm³/mol. The second-order valence-electron chi connectivity index (χ2n) is 8.00. The molecule has 1 unspecified atom stereocenters. The number of rotatable bonds is 5. The van der Waals surface area contributed by atoms with Crippen LogP contribution in [0.3, 0.4) is 0 Å². The molecule has 2 aliphatic rings. The lowest BCUT2D eigenvalue weighted by Gasteiger charge is -2.31. The minimum Gasteiger partial charge on any atom is -0.370 e.